The topological polar surface area (TPSA) is 40.6 Å². The lowest BCUT2D eigenvalue weighted by molar-refractivity contribution is -0.114. The zero-order valence-electron chi connectivity index (χ0n) is 14.9. The van der Waals surface area contributed by atoms with E-state index in [-0.39, 0.29) is 19.1 Å². The van der Waals surface area contributed by atoms with Crippen molar-refractivity contribution in [2.24, 2.45) is 0 Å². The van der Waals surface area contributed by atoms with E-state index in [2.05, 4.69) is 0 Å². The molecule has 0 aromatic heterocycles. The zero-order valence-corrected chi connectivity index (χ0v) is 15.7. The van der Waals surface area contributed by atoms with Gasteiger partial charge in [-0.15, -0.1) is 0 Å². The van der Waals surface area contributed by atoms with Crippen molar-refractivity contribution in [3.8, 4) is 0 Å². The fourth-order valence-electron chi connectivity index (χ4n) is 3.06. The number of rotatable bonds is 5. The van der Waals surface area contributed by atoms with Gasteiger partial charge in [0.05, 0.1) is 17.9 Å². The lowest BCUT2D eigenvalue weighted by atomic mass is 9.99. The Labute approximate surface area is 157 Å². The van der Waals surface area contributed by atoms with E-state index in [1.165, 1.54) is 11.0 Å². The molecule has 136 valence electrons. The molecule has 0 fully saturated rings. The van der Waals surface area contributed by atoms with Crippen molar-refractivity contribution in [2.75, 3.05) is 18.6 Å². The minimum atomic E-state index is -0.563. The summed E-state index contributed by atoms with van der Waals surface area (Å²) in [5, 5.41) is 0.336. The van der Waals surface area contributed by atoms with Gasteiger partial charge < -0.3 is 0 Å². The number of fused-ring (bicyclic) bond motifs is 1. The summed E-state index contributed by atoms with van der Waals surface area (Å²) in [6.07, 6.45) is 0. The maximum atomic E-state index is 14.0. The Hall–Kier alpha value is -2.24. The first-order valence-corrected chi connectivity index (χ1v) is 8.79. The second kappa shape index (κ2) is 7.17. The number of anilines is 1. The summed E-state index contributed by atoms with van der Waals surface area (Å²) >= 11 is 6.07. The molecule has 26 heavy (non-hydrogen) atoms. The predicted octanol–water partition coefficient (Wildman–Crippen LogP) is 4.22. The van der Waals surface area contributed by atoms with Gasteiger partial charge in [-0.25, -0.2) is 4.39 Å². The average Bonchev–Trinajstić information content (AvgIpc) is 2.83. The fourth-order valence-corrected chi connectivity index (χ4v) is 3.29. The zero-order chi connectivity index (χ0) is 19.0. The number of hydrogen-bond donors (Lipinski definition) is 0. The van der Waals surface area contributed by atoms with Crippen molar-refractivity contribution in [3.05, 3.63) is 63.9 Å². The van der Waals surface area contributed by atoms with E-state index in [9.17, 15) is 14.0 Å². The Kier molecular flexibility index (Phi) is 5.12. The normalized spacial score (nSPS) is 13.9. The molecule has 2 aromatic rings. The minimum absolute atomic E-state index is 0.170. The standard InChI is InChI=1S/C20H20ClFN2O2/c1-12(2)13-7-8-18-14(9-13)19(25)20(26)24(18)11-23(3)10-15-16(21)5-4-6-17(15)22/h4-9,12H,10-11H2,1-3H3. The third-order valence-corrected chi connectivity index (χ3v) is 4.89. The maximum Gasteiger partial charge on any atom is 0.300 e. The molecule has 0 unspecified atom stereocenters. The third kappa shape index (κ3) is 3.37. The van der Waals surface area contributed by atoms with E-state index in [1.807, 2.05) is 19.9 Å². The largest absolute Gasteiger partial charge is 0.300 e. The third-order valence-electron chi connectivity index (χ3n) is 4.53. The molecule has 1 amide bonds. The number of carbonyl (C=O) groups excluding carboxylic acids is 2. The van der Waals surface area contributed by atoms with E-state index in [4.69, 9.17) is 11.6 Å². The Bertz CT molecular complexity index is 862. The van der Waals surface area contributed by atoms with E-state index < -0.39 is 17.5 Å². The molecule has 0 radical (unpaired) electrons. The van der Waals surface area contributed by atoms with Crippen LogP contribution in [0.1, 0.15) is 41.3 Å². The molecule has 4 nitrogen and oxygen atoms in total. The summed E-state index contributed by atoms with van der Waals surface area (Å²) in [6.45, 7) is 4.46. The fraction of sp³-hybridized carbons (Fsp3) is 0.300. The van der Waals surface area contributed by atoms with Gasteiger partial charge in [0.15, 0.2) is 0 Å². The summed E-state index contributed by atoms with van der Waals surface area (Å²) in [4.78, 5) is 27.9. The van der Waals surface area contributed by atoms with Crippen LogP contribution < -0.4 is 4.90 Å². The Morgan fingerprint density at radius 3 is 2.58 bits per heavy atom. The lowest BCUT2D eigenvalue weighted by Crippen LogP contribution is -2.39. The van der Waals surface area contributed by atoms with Gasteiger partial charge in [-0.2, -0.15) is 0 Å². The number of hydrogen-bond acceptors (Lipinski definition) is 3. The highest BCUT2D eigenvalue weighted by Crippen LogP contribution is 2.32. The van der Waals surface area contributed by atoms with E-state index in [0.717, 1.165) is 5.56 Å². The van der Waals surface area contributed by atoms with Gasteiger partial charge in [-0.1, -0.05) is 37.6 Å². The van der Waals surface area contributed by atoms with E-state index >= 15 is 0 Å². The molecule has 2 aromatic carbocycles. The molecule has 0 saturated carbocycles. The van der Waals surface area contributed by atoms with Crippen LogP contribution in [0.3, 0.4) is 0 Å². The van der Waals surface area contributed by atoms with Gasteiger partial charge in [0.25, 0.3) is 5.78 Å². The van der Waals surface area contributed by atoms with Crippen molar-refractivity contribution in [1.82, 2.24) is 4.90 Å². The molecule has 1 heterocycles. The van der Waals surface area contributed by atoms with Crippen LogP contribution in [-0.4, -0.2) is 30.3 Å². The first kappa shape index (κ1) is 18.5. The molecule has 0 N–H and O–H groups in total. The monoisotopic (exact) mass is 374 g/mol. The molecule has 0 aliphatic carbocycles. The number of benzene rings is 2. The average molecular weight is 375 g/mol. The van der Waals surface area contributed by atoms with Crippen LogP contribution in [0.5, 0.6) is 0 Å². The number of halogens is 2. The van der Waals surface area contributed by atoms with Crippen molar-refractivity contribution in [2.45, 2.75) is 26.3 Å². The second-order valence-corrected chi connectivity index (χ2v) is 7.26. The van der Waals surface area contributed by atoms with Gasteiger partial charge >= 0.3 is 5.91 Å². The van der Waals surface area contributed by atoms with Crippen LogP contribution in [-0.2, 0) is 11.3 Å². The van der Waals surface area contributed by atoms with Crippen LogP contribution in [0.15, 0.2) is 36.4 Å². The summed E-state index contributed by atoms with van der Waals surface area (Å²) in [7, 11) is 1.75. The Balaban J connectivity index is 1.83. The molecular formula is C20H20ClFN2O2. The van der Waals surface area contributed by atoms with E-state index in [1.54, 1.807) is 36.2 Å². The quantitative estimate of drug-likeness (QED) is 0.736. The van der Waals surface area contributed by atoms with Crippen LogP contribution in [0.4, 0.5) is 10.1 Å². The highest BCUT2D eigenvalue weighted by Gasteiger charge is 2.36. The number of amides is 1. The number of ketones is 1. The molecule has 1 aliphatic heterocycles. The first-order valence-electron chi connectivity index (χ1n) is 8.41. The van der Waals surface area contributed by atoms with Gasteiger partial charge in [-0.3, -0.25) is 19.4 Å². The molecule has 0 saturated heterocycles. The molecular weight excluding hydrogens is 355 g/mol. The first-order chi connectivity index (χ1) is 12.3. The smallest absolute Gasteiger partial charge is 0.291 e. The number of Topliss-reactive ketones (excluding diaryl/α,β-unsaturated/α-hetero) is 1. The van der Waals surface area contributed by atoms with Crippen LogP contribution in [0, 0.1) is 5.82 Å². The van der Waals surface area contributed by atoms with Gasteiger partial charge in [0, 0.05) is 17.1 Å². The molecule has 0 spiro atoms. The Morgan fingerprint density at radius 1 is 1.19 bits per heavy atom. The van der Waals surface area contributed by atoms with Gasteiger partial charge in [0.1, 0.15) is 5.82 Å². The summed E-state index contributed by atoms with van der Waals surface area (Å²) < 4.78 is 14.0. The molecule has 6 heteroatoms. The summed E-state index contributed by atoms with van der Waals surface area (Å²) in [5.74, 6) is -1.19. The van der Waals surface area contributed by atoms with Crippen molar-refractivity contribution in [3.63, 3.8) is 0 Å². The molecule has 3 rings (SSSR count). The molecule has 0 bridgehead atoms. The highest BCUT2D eigenvalue weighted by atomic mass is 35.5. The van der Waals surface area contributed by atoms with E-state index in [0.29, 0.717) is 21.8 Å². The SMILES string of the molecule is CC(C)c1ccc2c(c1)C(=O)C(=O)N2CN(C)Cc1c(F)cccc1Cl. The molecule has 0 atom stereocenters. The van der Waals surface area contributed by atoms with Crippen LogP contribution in [0.25, 0.3) is 0 Å². The summed E-state index contributed by atoms with van der Waals surface area (Å²) in [6, 6.07) is 10.0. The number of carbonyl (C=O) groups is 2. The van der Waals surface area contributed by atoms with Gasteiger partial charge in [-0.05, 0) is 42.8 Å². The highest BCUT2D eigenvalue weighted by molar-refractivity contribution is 6.52. The van der Waals surface area contributed by atoms with Crippen LogP contribution >= 0.6 is 11.6 Å². The summed E-state index contributed by atoms with van der Waals surface area (Å²) in [5.41, 5.74) is 2.40. The van der Waals surface area contributed by atoms with Gasteiger partial charge in [0.2, 0.25) is 0 Å². The Morgan fingerprint density at radius 2 is 1.92 bits per heavy atom. The van der Waals surface area contributed by atoms with Crippen molar-refractivity contribution in [1.29, 1.82) is 0 Å². The maximum absolute atomic E-state index is 14.0. The second-order valence-electron chi connectivity index (χ2n) is 6.85. The minimum Gasteiger partial charge on any atom is -0.291 e. The molecule has 1 aliphatic rings. The van der Waals surface area contributed by atoms with Crippen molar-refractivity contribution < 1.29 is 14.0 Å². The van der Waals surface area contributed by atoms with Crippen LogP contribution in [0.2, 0.25) is 5.02 Å². The lowest BCUT2D eigenvalue weighted by Gasteiger charge is -2.25. The van der Waals surface area contributed by atoms with Crippen molar-refractivity contribution >= 4 is 29.0 Å². The predicted molar refractivity (Wildman–Crippen MR) is 100 cm³/mol. The number of nitrogens with zero attached hydrogens (tertiary/aromatic N) is 2.